The maximum atomic E-state index is 12.4. The van der Waals surface area contributed by atoms with Crippen molar-refractivity contribution in [2.24, 2.45) is 0 Å². The molecule has 2 rings (SSSR count). The topological polar surface area (TPSA) is 71.1 Å². The van der Waals surface area contributed by atoms with Gasteiger partial charge in [-0.25, -0.2) is 4.98 Å². The second-order valence-electron chi connectivity index (χ2n) is 5.74. The lowest BCUT2D eigenvalue weighted by Gasteiger charge is -2.10. The Morgan fingerprint density at radius 3 is 2.64 bits per heavy atom. The maximum Gasteiger partial charge on any atom is 0.254 e. The fraction of sp³-hybridized carbons (Fsp3) is 0.316. The van der Waals surface area contributed by atoms with E-state index in [1.54, 1.807) is 18.3 Å². The van der Waals surface area contributed by atoms with E-state index in [4.69, 9.17) is 0 Å². The van der Waals surface area contributed by atoms with Crippen LogP contribution in [0.15, 0.2) is 46.5 Å². The molecule has 0 aliphatic carbocycles. The van der Waals surface area contributed by atoms with E-state index >= 15 is 0 Å². The summed E-state index contributed by atoms with van der Waals surface area (Å²) in [6.07, 6.45) is 2.52. The summed E-state index contributed by atoms with van der Waals surface area (Å²) in [6.45, 7) is 6.66. The van der Waals surface area contributed by atoms with Gasteiger partial charge < -0.3 is 10.6 Å². The molecule has 0 spiro atoms. The molecule has 0 radical (unpaired) electrons. The number of aromatic nitrogens is 1. The molecule has 2 amide bonds. The van der Waals surface area contributed by atoms with Crippen LogP contribution in [0.5, 0.6) is 0 Å². The lowest BCUT2D eigenvalue weighted by atomic mass is 10.1. The van der Waals surface area contributed by atoms with Crippen molar-refractivity contribution in [3.05, 3.63) is 53.2 Å². The highest BCUT2D eigenvalue weighted by Crippen LogP contribution is 2.29. The largest absolute Gasteiger partial charge is 0.355 e. The van der Waals surface area contributed by atoms with Gasteiger partial charge in [0, 0.05) is 17.6 Å². The van der Waals surface area contributed by atoms with Crippen molar-refractivity contribution in [2.75, 3.05) is 13.1 Å². The minimum absolute atomic E-state index is 0.0402. The van der Waals surface area contributed by atoms with Gasteiger partial charge in [0.05, 0.1) is 12.1 Å². The van der Waals surface area contributed by atoms with Crippen LogP contribution >= 0.6 is 11.8 Å². The van der Waals surface area contributed by atoms with Gasteiger partial charge in [-0.15, -0.1) is 0 Å². The maximum absolute atomic E-state index is 12.4. The zero-order valence-corrected chi connectivity index (χ0v) is 15.6. The fourth-order valence-electron chi connectivity index (χ4n) is 2.12. The average Bonchev–Trinajstić information content (AvgIpc) is 2.61. The first-order valence-electron chi connectivity index (χ1n) is 8.26. The van der Waals surface area contributed by atoms with Gasteiger partial charge in [-0.3, -0.25) is 9.59 Å². The number of pyridine rings is 1. The van der Waals surface area contributed by atoms with Gasteiger partial charge >= 0.3 is 0 Å². The van der Waals surface area contributed by atoms with Crippen molar-refractivity contribution < 1.29 is 9.59 Å². The first-order chi connectivity index (χ1) is 12.0. The molecule has 25 heavy (non-hydrogen) atoms. The normalized spacial score (nSPS) is 10.4. The molecule has 2 aromatic rings. The summed E-state index contributed by atoms with van der Waals surface area (Å²) in [5, 5.41) is 6.00. The summed E-state index contributed by atoms with van der Waals surface area (Å²) in [5.74, 6) is -0.492. The highest BCUT2D eigenvalue weighted by Gasteiger charge is 2.14. The quantitative estimate of drug-likeness (QED) is 0.799. The third-order valence-corrected chi connectivity index (χ3v) is 4.70. The van der Waals surface area contributed by atoms with Crippen LogP contribution in [0, 0.1) is 13.8 Å². The second-order valence-corrected chi connectivity index (χ2v) is 6.80. The van der Waals surface area contributed by atoms with Crippen molar-refractivity contribution in [1.82, 2.24) is 15.6 Å². The van der Waals surface area contributed by atoms with Crippen LogP contribution in [-0.4, -0.2) is 29.9 Å². The van der Waals surface area contributed by atoms with Crippen molar-refractivity contribution >= 4 is 23.6 Å². The van der Waals surface area contributed by atoms with Gasteiger partial charge in [-0.1, -0.05) is 24.8 Å². The molecular weight excluding hydrogens is 334 g/mol. The number of carbonyl (C=O) groups is 2. The summed E-state index contributed by atoms with van der Waals surface area (Å²) in [4.78, 5) is 29.4. The van der Waals surface area contributed by atoms with E-state index < -0.39 is 0 Å². The number of nitrogens with zero attached hydrogens (tertiary/aromatic N) is 1. The van der Waals surface area contributed by atoms with Gasteiger partial charge in [-0.2, -0.15) is 0 Å². The highest BCUT2D eigenvalue weighted by molar-refractivity contribution is 7.99. The van der Waals surface area contributed by atoms with Crippen LogP contribution in [0.2, 0.25) is 0 Å². The number of hydrogen-bond donors (Lipinski definition) is 2. The van der Waals surface area contributed by atoms with Crippen LogP contribution in [0.25, 0.3) is 0 Å². The molecule has 1 heterocycles. The lowest BCUT2D eigenvalue weighted by molar-refractivity contribution is -0.120. The summed E-state index contributed by atoms with van der Waals surface area (Å²) in [5.41, 5.74) is 2.88. The summed E-state index contributed by atoms with van der Waals surface area (Å²) < 4.78 is 0. The summed E-state index contributed by atoms with van der Waals surface area (Å²) in [6, 6.07) is 9.58. The van der Waals surface area contributed by atoms with Gasteiger partial charge in [0.2, 0.25) is 5.91 Å². The molecule has 0 bridgehead atoms. The number of hydrogen-bond acceptors (Lipinski definition) is 4. The van der Waals surface area contributed by atoms with Crippen molar-refractivity contribution in [3.8, 4) is 0 Å². The lowest BCUT2D eigenvalue weighted by Crippen LogP contribution is -2.37. The molecule has 2 N–H and O–H groups in total. The molecule has 1 aromatic carbocycles. The number of carbonyl (C=O) groups excluding carboxylic acids is 2. The first kappa shape index (κ1) is 19.0. The highest BCUT2D eigenvalue weighted by atomic mass is 32.2. The van der Waals surface area contributed by atoms with Gasteiger partial charge in [0.25, 0.3) is 5.91 Å². The van der Waals surface area contributed by atoms with E-state index in [0.717, 1.165) is 11.3 Å². The molecule has 0 fully saturated rings. The Morgan fingerprint density at radius 2 is 1.92 bits per heavy atom. The fourth-order valence-corrected chi connectivity index (χ4v) is 3.10. The Balaban J connectivity index is 2.07. The number of benzene rings is 1. The molecule has 0 aliphatic rings. The SMILES string of the molecule is CCCNC(=O)CNC(=O)c1cccnc1Sc1ccc(C)c(C)c1. The van der Waals surface area contributed by atoms with E-state index in [1.165, 1.54) is 22.9 Å². The number of amides is 2. The minimum atomic E-state index is -0.300. The van der Waals surface area contributed by atoms with E-state index in [-0.39, 0.29) is 18.4 Å². The molecule has 5 nitrogen and oxygen atoms in total. The Morgan fingerprint density at radius 1 is 1.12 bits per heavy atom. The molecule has 0 aliphatic heterocycles. The van der Waals surface area contributed by atoms with E-state index in [1.807, 2.05) is 13.0 Å². The first-order valence-corrected chi connectivity index (χ1v) is 9.08. The Bertz CT molecular complexity index is 762. The van der Waals surface area contributed by atoms with Crippen LogP contribution in [0.1, 0.15) is 34.8 Å². The van der Waals surface area contributed by atoms with E-state index in [2.05, 4.69) is 41.6 Å². The van der Waals surface area contributed by atoms with E-state index in [0.29, 0.717) is 17.1 Å². The Labute approximate surface area is 152 Å². The van der Waals surface area contributed by atoms with Crippen molar-refractivity contribution in [1.29, 1.82) is 0 Å². The standard InChI is InChI=1S/C19H23N3O2S/c1-4-9-20-17(23)12-22-18(24)16-6-5-10-21-19(16)25-15-8-7-13(2)14(3)11-15/h5-8,10-11H,4,9,12H2,1-3H3,(H,20,23)(H,22,24). The van der Waals surface area contributed by atoms with Crippen LogP contribution < -0.4 is 10.6 Å². The molecular formula is C19H23N3O2S. The molecule has 0 unspecified atom stereocenters. The average molecular weight is 357 g/mol. The Hall–Kier alpha value is -2.34. The molecule has 1 aromatic heterocycles. The number of rotatable bonds is 7. The molecule has 0 saturated heterocycles. The van der Waals surface area contributed by atoms with Gasteiger partial charge in [-0.05, 0) is 55.7 Å². The second kappa shape index (κ2) is 9.22. The van der Waals surface area contributed by atoms with Crippen molar-refractivity contribution in [3.63, 3.8) is 0 Å². The number of aryl methyl sites for hydroxylation is 2. The van der Waals surface area contributed by atoms with E-state index in [9.17, 15) is 9.59 Å². The van der Waals surface area contributed by atoms with Gasteiger partial charge in [0.15, 0.2) is 0 Å². The summed E-state index contributed by atoms with van der Waals surface area (Å²) in [7, 11) is 0. The Kier molecular flexibility index (Phi) is 7.01. The van der Waals surface area contributed by atoms with Crippen LogP contribution in [0.3, 0.4) is 0 Å². The smallest absolute Gasteiger partial charge is 0.254 e. The van der Waals surface area contributed by atoms with Crippen LogP contribution in [-0.2, 0) is 4.79 Å². The molecule has 0 atom stereocenters. The molecule has 6 heteroatoms. The third kappa shape index (κ3) is 5.60. The van der Waals surface area contributed by atoms with Crippen LogP contribution in [0.4, 0.5) is 0 Å². The monoisotopic (exact) mass is 357 g/mol. The van der Waals surface area contributed by atoms with Gasteiger partial charge in [0.1, 0.15) is 5.03 Å². The summed E-state index contributed by atoms with van der Waals surface area (Å²) >= 11 is 1.44. The zero-order chi connectivity index (χ0) is 18.2. The minimum Gasteiger partial charge on any atom is -0.355 e. The molecule has 132 valence electrons. The third-order valence-electron chi connectivity index (χ3n) is 3.69. The predicted molar refractivity (Wildman–Crippen MR) is 99.9 cm³/mol. The predicted octanol–water partition coefficient (Wildman–Crippen LogP) is 3.11. The zero-order valence-electron chi connectivity index (χ0n) is 14.8. The van der Waals surface area contributed by atoms with Crippen molar-refractivity contribution in [2.45, 2.75) is 37.1 Å². The molecule has 0 saturated carbocycles. The number of nitrogens with one attached hydrogen (secondary N) is 2.